The Morgan fingerprint density at radius 3 is 2.65 bits per heavy atom. The number of nitrogens with one attached hydrogen (secondary N) is 2. The summed E-state index contributed by atoms with van der Waals surface area (Å²) in [6, 6.07) is 2.07. The van der Waals surface area contributed by atoms with Crippen molar-refractivity contribution < 1.29 is 32.5 Å². The van der Waals surface area contributed by atoms with Crippen LogP contribution in [0.3, 0.4) is 0 Å². The number of rotatable bonds is 2. The quantitative estimate of drug-likeness (QED) is 0.481. The number of hydroxylamine groups is 2. The molecule has 0 saturated carbocycles. The van der Waals surface area contributed by atoms with Crippen molar-refractivity contribution >= 4 is 0 Å². The maximum Gasteiger partial charge on any atom is 0.431 e. The lowest BCUT2D eigenvalue weighted by molar-refractivity contribution is -0.926. The van der Waals surface area contributed by atoms with E-state index in [1.165, 1.54) is 4.98 Å². The van der Waals surface area contributed by atoms with Gasteiger partial charge in [0, 0.05) is 17.7 Å². The number of benzene rings is 1. The molecule has 1 aliphatic rings. The average molecular weight is 377 g/mol. The number of nitrogens with zero attached hydrogens (tertiary/aromatic N) is 1. The Morgan fingerprint density at radius 2 is 2.04 bits per heavy atom. The molecule has 0 bridgehead atoms. The van der Waals surface area contributed by atoms with E-state index in [0.29, 0.717) is 4.57 Å². The standard InChI is InChI=1S/C14H11F4N3O5/c15-8-2-9-7(12(23)21(25)5-26-9)1-6(8)4-20-11(22)3-10(14(16,17)18)19-13(20)24/h1-3,12,21,23H,4-5H2,(H,19,24). The molecule has 0 spiro atoms. The molecule has 0 aliphatic carbocycles. The Morgan fingerprint density at radius 1 is 1.35 bits per heavy atom. The number of aliphatic hydroxyl groups excluding tert-OH is 1. The number of fused-ring (bicyclic) bond motifs is 1. The molecule has 8 nitrogen and oxygen atoms in total. The number of H-pyrrole nitrogens is 1. The van der Waals surface area contributed by atoms with Gasteiger partial charge in [-0.15, -0.1) is 0 Å². The van der Waals surface area contributed by atoms with E-state index in [-0.39, 0.29) is 22.9 Å². The van der Waals surface area contributed by atoms with Crippen LogP contribution in [0.1, 0.15) is 23.0 Å². The van der Waals surface area contributed by atoms with Crippen LogP contribution >= 0.6 is 0 Å². The van der Waals surface area contributed by atoms with E-state index >= 15 is 0 Å². The number of halogens is 4. The fraction of sp³-hybridized carbons (Fsp3) is 0.286. The van der Waals surface area contributed by atoms with Gasteiger partial charge in [-0.05, 0) is 6.07 Å². The van der Waals surface area contributed by atoms with Crippen LogP contribution in [-0.2, 0) is 12.7 Å². The minimum atomic E-state index is -4.92. The van der Waals surface area contributed by atoms with Gasteiger partial charge in [-0.1, -0.05) is 0 Å². The molecule has 1 aromatic heterocycles. The van der Waals surface area contributed by atoms with E-state index in [2.05, 4.69) is 0 Å². The maximum atomic E-state index is 14.2. The molecule has 2 unspecified atom stereocenters. The Labute approximate surface area is 141 Å². The first-order valence-corrected chi connectivity index (χ1v) is 7.15. The summed E-state index contributed by atoms with van der Waals surface area (Å²) >= 11 is 0. The molecule has 26 heavy (non-hydrogen) atoms. The van der Waals surface area contributed by atoms with Crippen LogP contribution in [0.15, 0.2) is 27.8 Å². The fourth-order valence-electron chi connectivity index (χ4n) is 2.47. The van der Waals surface area contributed by atoms with Crippen molar-refractivity contribution in [2.24, 2.45) is 0 Å². The number of hydrogen-bond donors (Lipinski definition) is 3. The first kappa shape index (κ1) is 18.1. The molecule has 1 aliphatic heterocycles. The van der Waals surface area contributed by atoms with Gasteiger partial charge in [0.25, 0.3) is 5.56 Å². The first-order valence-electron chi connectivity index (χ1n) is 7.15. The molecular formula is C14H11F4N3O5. The largest absolute Gasteiger partial charge is 0.630 e. The molecule has 12 heteroatoms. The second-order valence-electron chi connectivity index (χ2n) is 5.55. The Hall–Kier alpha value is -2.70. The summed E-state index contributed by atoms with van der Waals surface area (Å²) in [4.78, 5) is 25.1. The molecule has 0 radical (unpaired) electrons. The van der Waals surface area contributed by atoms with Gasteiger partial charge in [0.1, 0.15) is 17.3 Å². The highest BCUT2D eigenvalue weighted by molar-refractivity contribution is 5.39. The Kier molecular flexibility index (Phi) is 4.34. The monoisotopic (exact) mass is 377 g/mol. The van der Waals surface area contributed by atoms with Crippen molar-refractivity contribution in [3.63, 3.8) is 0 Å². The smallest absolute Gasteiger partial charge is 0.431 e. The van der Waals surface area contributed by atoms with Gasteiger partial charge < -0.3 is 25.1 Å². The van der Waals surface area contributed by atoms with Crippen LogP contribution in [0.25, 0.3) is 0 Å². The van der Waals surface area contributed by atoms with E-state index in [0.717, 1.165) is 12.1 Å². The summed E-state index contributed by atoms with van der Waals surface area (Å²) in [7, 11) is 0. The highest BCUT2D eigenvalue weighted by Crippen LogP contribution is 2.28. The summed E-state index contributed by atoms with van der Waals surface area (Å²) < 4.78 is 57.3. The lowest BCUT2D eigenvalue weighted by atomic mass is 10.1. The van der Waals surface area contributed by atoms with Crippen molar-refractivity contribution in [3.8, 4) is 5.75 Å². The number of aromatic amines is 1. The van der Waals surface area contributed by atoms with Crippen LogP contribution in [0.2, 0.25) is 0 Å². The number of quaternary nitrogens is 1. The van der Waals surface area contributed by atoms with Gasteiger partial charge in [0.05, 0.1) is 12.1 Å². The van der Waals surface area contributed by atoms with Crippen LogP contribution in [0.4, 0.5) is 17.6 Å². The van der Waals surface area contributed by atoms with E-state index in [1.54, 1.807) is 0 Å². The Balaban J connectivity index is 2.03. The third-order valence-corrected chi connectivity index (χ3v) is 3.80. The van der Waals surface area contributed by atoms with Crippen LogP contribution in [-0.4, -0.2) is 21.4 Å². The molecule has 2 atom stereocenters. The summed E-state index contributed by atoms with van der Waals surface area (Å²) in [6.45, 7) is -1.14. The molecule has 2 heterocycles. The topological polar surface area (TPSA) is 112 Å². The van der Waals surface area contributed by atoms with Crippen LogP contribution < -0.4 is 21.0 Å². The molecule has 2 aromatic rings. The SMILES string of the molecule is O=c1cc(C(F)(F)F)[nH]c(=O)n1Cc1cc2c(cc1F)OC[NH+]([O-])C2O. The summed E-state index contributed by atoms with van der Waals surface area (Å²) in [6.07, 6.45) is -6.49. The highest BCUT2D eigenvalue weighted by Gasteiger charge is 2.33. The summed E-state index contributed by atoms with van der Waals surface area (Å²) in [5.41, 5.74) is -4.53. The summed E-state index contributed by atoms with van der Waals surface area (Å²) in [5.74, 6) is -0.997. The summed E-state index contributed by atoms with van der Waals surface area (Å²) in [5, 5.41) is 20.6. The zero-order valence-corrected chi connectivity index (χ0v) is 12.8. The second-order valence-corrected chi connectivity index (χ2v) is 5.55. The lowest BCUT2D eigenvalue weighted by Crippen LogP contribution is -3.09. The average Bonchev–Trinajstić information content (AvgIpc) is 2.54. The van der Waals surface area contributed by atoms with Crippen LogP contribution in [0.5, 0.6) is 5.75 Å². The third-order valence-electron chi connectivity index (χ3n) is 3.80. The number of ether oxygens (including phenoxy) is 1. The van der Waals surface area contributed by atoms with Gasteiger partial charge in [0.2, 0.25) is 13.0 Å². The molecule has 3 rings (SSSR count). The van der Waals surface area contributed by atoms with Gasteiger partial charge >= 0.3 is 11.9 Å². The number of aromatic nitrogens is 2. The molecule has 0 saturated heterocycles. The molecule has 140 valence electrons. The van der Waals surface area contributed by atoms with Gasteiger partial charge in [-0.3, -0.25) is 9.36 Å². The predicted molar refractivity (Wildman–Crippen MR) is 76.6 cm³/mol. The normalized spacial score (nSPS) is 19.8. The molecule has 0 fully saturated rings. The molecule has 0 amide bonds. The van der Waals surface area contributed by atoms with E-state index in [4.69, 9.17) is 4.74 Å². The van der Waals surface area contributed by atoms with Crippen molar-refractivity contribution in [2.45, 2.75) is 18.9 Å². The van der Waals surface area contributed by atoms with E-state index in [1.807, 2.05) is 0 Å². The number of aliphatic hydroxyl groups is 1. The fourth-order valence-corrected chi connectivity index (χ4v) is 2.47. The second kappa shape index (κ2) is 6.23. The zero-order chi connectivity index (χ0) is 19.2. The van der Waals surface area contributed by atoms with E-state index in [9.17, 15) is 37.5 Å². The number of alkyl halides is 3. The van der Waals surface area contributed by atoms with Crippen molar-refractivity contribution in [2.75, 3.05) is 6.73 Å². The van der Waals surface area contributed by atoms with E-state index < -0.39 is 53.5 Å². The molecular weight excluding hydrogens is 366 g/mol. The van der Waals surface area contributed by atoms with Gasteiger partial charge in [-0.2, -0.15) is 13.2 Å². The predicted octanol–water partition coefficient (Wildman–Crippen LogP) is -0.534. The molecule has 1 aromatic carbocycles. The van der Waals surface area contributed by atoms with Crippen molar-refractivity contribution in [3.05, 3.63) is 66.9 Å². The van der Waals surface area contributed by atoms with Gasteiger partial charge in [0.15, 0.2) is 0 Å². The van der Waals surface area contributed by atoms with Gasteiger partial charge in [-0.25, -0.2) is 9.18 Å². The zero-order valence-electron chi connectivity index (χ0n) is 12.8. The maximum absolute atomic E-state index is 14.2. The minimum absolute atomic E-state index is 0.0611. The van der Waals surface area contributed by atoms with Crippen LogP contribution in [0, 0.1) is 11.0 Å². The number of hydrogen-bond acceptors (Lipinski definition) is 5. The highest BCUT2D eigenvalue weighted by atomic mass is 19.4. The lowest BCUT2D eigenvalue weighted by Gasteiger charge is -2.33. The van der Waals surface area contributed by atoms with Crippen molar-refractivity contribution in [1.82, 2.24) is 9.55 Å². The van der Waals surface area contributed by atoms with Crippen molar-refractivity contribution in [1.29, 1.82) is 0 Å². The third kappa shape index (κ3) is 3.21. The molecule has 3 N–H and O–H groups in total. The first-order chi connectivity index (χ1) is 12.1. The minimum Gasteiger partial charge on any atom is -0.630 e. The Bertz CT molecular complexity index is 937.